The van der Waals surface area contributed by atoms with Crippen molar-refractivity contribution < 1.29 is 9.63 Å². The summed E-state index contributed by atoms with van der Waals surface area (Å²) in [6.07, 6.45) is 2.48. The number of hydrogen-bond acceptors (Lipinski definition) is 5. The molecule has 1 aromatic heterocycles. The predicted octanol–water partition coefficient (Wildman–Crippen LogP) is 0.417. The van der Waals surface area contributed by atoms with Crippen molar-refractivity contribution in [2.45, 2.75) is 38.3 Å². The normalized spacial score (nSPS) is 24.0. The molecular weight excluding hydrogens is 182 g/mol. The maximum Gasteiger partial charge on any atom is 0.228 e. The highest BCUT2D eigenvalue weighted by Gasteiger charge is 2.18. The van der Waals surface area contributed by atoms with Gasteiger partial charge in [-0.25, -0.2) is 0 Å². The zero-order valence-corrected chi connectivity index (χ0v) is 8.23. The molecule has 1 aliphatic heterocycles. The van der Waals surface area contributed by atoms with Gasteiger partial charge >= 0.3 is 0 Å². The fourth-order valence-corrected chi connectivity index (χ4v) is 1.66. The van der Waals surface area contributed by atoms with E-state index >= 15 is 0 Å². The Morgan fingerprint density at radius 3 is 3.14 bits per heavy atom. The Bertz CT molecular complexity index is 292. The quantitative estimate of drug-likeness (QED) is 0.734. The third-order valence-corrected chi connectivity index (χ3v) is 2.44. The van der Waals surface area contributed by atoms with E-state index in [0.717, 1.165) is 19.4 Å². The van der Waals surface area contributed by atoms with E-state index in [9.17, 15) is 5.11 Å². The van der Waals surface area contributed by atoms with Crippen molar-refractivity contribution in [2.24, 2.45) is 0 Å². The van der Waals surface area contributed by atoms with Gasteiger partial charge in [-0.1, -0.05) is 5.16 Å². The molecular formula is C9H15N3O2. The fourth-order valence-electron chi connectivity index (χ4n) is 1.66. The minimum atomic E-state index is -0.649. The molecule has 1 fully saturated rings. The lowest BCUT2D eigenvalue weighted by Crippen LogP contribution is -2.23. The fraction of sp³-hybridized carbons (Fsp3) is 0.778. The standard InChI is InChI=1S/C9H15N3O2/c1-6(13)9-11-8(14-12-9)5-7-3-2-4-10-7/h6-7,10,13H,2-5H2,1H3. The Labute approximate surface area is 82.5 Å². The molecule has 1 aromatic rings. The Hall–Kier alpha value is -0.940. The second kappa shape index (κ2) is 4.06. The van der Waals surface area contributed by atoms with Gasteiger partial charge < -0.3 is 14.9 Å². The Morgan fingerprint density at radius 1 is 1.71 bits per heavy atom. The average Bonchev–Trinajstić information content (AvgIpc) is 2.75. The minimum Gasteiger partial charge on any atom is -0.385 e. The molecule has 0 radical (unpaired) electrons. The molecule has 2 atom stereocenters. The second-order valence-corrected chi connectivity index (χ2v) is 3.72. The first kappa shape index (κ1) is 9.61. The molecule has 2 unspecified atom stereocenters. The largest absolute Gasteiger partial charge is 0.385 e. The van der Waals surface area contributed by atoms with Crippen LogP contribution < -0.4 is 5.32 Å². The lowest BCUT2D eigenvalue weighted by atomic mass is 10.1. The van der Waals surface area contributed by atoms with Crippen LogP contribution in [0.5, 0.6) is 0 Å². The smallest absolute Gasteiger partial charge is 0.228 e. The molecule has 1 aliphatic rings. The minimum absolute atomic E-state index is 0.373. The van der Waals surface area contributed by atoms with Gasteiger partial charge in [-0.15, -0.1) is 0 Å². The number of aromatic nitrogens is 2. The van der Waals surface area contributed by atoms with E-state index in [0.29, 0.717) is 17.8 Å². The molecule has 0 saturated carbocycles. The molecule has 0 amide bonds. The van der Waals surface area contributed by atoms with Crippen LogP contribution in [-0.2, 0) is 6.42 Å². The summed E-state index contributed by atoms with van der Waals surface area (Å²) in [4.78, 5) is 4.11. The highest BCUT2D eigenvalue weighted by Crippen LogP contribution is 2.12. The molecule has 14 heavy (non-hydrogen) atoms. The topological polar surface area (TPSA) is 71.2 Å². The summed E-state index contributed by atoms with van der Waals surface area (Å²) in [5.41, 5.74) is 0. The van der Waals surface area contributed by atoms with Crippen LogP contribution in [0.25, 0.3) is 0 Å². The van der Waals surface area contributed by atoms with Crippen molar-refractivity contribution in [1.82, 2.24) is 15.5 Å². The third kappa shape index (κ3) is 2.10. The van der Waals surface area contributed by atoms with Crippen LogP contribution in [0.4, 0.5) is 0 Å². The first-order valence-corrected chi connectivity index (χ1v) is 4.99. The van der Waals surface area contributed by atoms with Crippen LogP contribution in [0.15, 0.2) is 4.52 Å². The van der Waals surface area contributed by atoms with Gasteiger partial charge in [0.2, 0.25) is 5.89 Å². The molecule has 0 aromatic carbocycles. The first-order valence-electron chi connectivity index (χ1n) is 4.99. The van der Waals surface area contributed by atoms with E-state index in [1.807, 2.05) is 0 Å². The van der Waals surface area contributed by atoms with Crippen molar-refractivity contribution in [3.8, 4) is 0 Å². The van der Waals surface area contributed by atoms with Gasteiger partial charge in [-0.2, -0.15) is 4.98 Å². The van der Waals surface area contributed by atoms with E-state index in [2.05, 4.69) is 15.5 Å². The van der Waals surface area contributed by atoms with E-state index in [1.165, 1.54) is 6.42 Å². The van der Waals surface area contributed by atoms with Gasteiger partial charge in [-0.05, 0) is 26.3 Å². The van der Waals surface area contributed by atoms with Crippen LogP contribution in [-0.4, -0.2) is 27.8 Å². The van der Waals surface area contributed by atoms with Gasteiger partial charge in [0.25, 0.3) is 0 Å². The summed E-state index contributed by atoms with van der Waals surface area (Å²) in [7, 11) is 0. The first-order chi connectivity index (χ1) is 6.75. The van der Waals surface area contributed by atoms with Gasteiger partial charge in [0, 0.05) is 12.5 Å². The molecule has 2 heterocycles. The summed E-state index contributed by atoms with van der Waals surface area (Å²) in [6, 6.07) is 0.456. The maximum absolute atomic E-state index is 9.20. The molecule has 2 N–H and O–H groups in total. The van der Waals surface area contributed by atoms with Crippen LogP contribution in [0, 0.1) is 0 Å². The number of nitrogens with one attached hydrogen (secondary N) is 1. The number of nitrogens with zero attached hydrogens (tertiary/aromatic N) is 2. The Kier molecular flexibility index (Phi) is 2.79. The van der Waals surface area contributed by atoms with Crippen molar-refractivity contribution in [1.29, 1.82) is 0 Å². The number of aliphatic hydroxyl groups is 1. The summed E-state index contributed by atoms with van der Waals surface area (Å²) < 4.78 is 5.03. The lowest BCUT2D eigenvalue weighted by Gasteiger charge is -2.04. The van der Waals surface area contributed by atoms with Crippen molar-refractivity contribution in [3.63, 3.8) is 0 Å². The highest BCUT2D eigenvalue weighted by molar-refractivity contribution is 4.92. The number of aliphatic hydroxyl groups excluding tert-OH is 1. The molecule has 2 rings (SSSR count). The van der Waals surface area contributed by atoms with E-state index in [1.54, 1.807) is 6.92 Å². The van der Waals surface area contributed by atoms with Crippen LogP contribution >= 0.6 is 0 Å². The van der Waals surface area contributed by atoms with Gasteiger partial charge in [-0.3, -0.25) is 0 Å². The lowest BCUT2D eigenvalue weighted by molar-refractivity contribution is 0.184. The zero-order valence-electron chi connectivity index (χ0n) is 8.23. The molecule has 0 spiro atoms. The molecule has 78 valence electrons. The van der Waals surface area contributed by atoms with E-state index < -0.39 is 6.10 Å². The molecule has 0 aliphatic carbocycles. The molecule has 0 bridgehead atoms. The predicted molar refractivity (Wildman–Crippen MR) is 49.7 cm³/mol. The number of rotatable bonds is 3. The van der Waals surface area contributed by atoms with E-state index in [-0.39, 0.29) is 0 Å². The second-order valence-electron chi connectivity index (χ2n) is 3.72. The highest BCUT2D eigenvalue weighted by atomic mass is 16.5. The summed E-state index contributed by atoms with van der Waals surface area (Å²) in [5.74, 6) is 0.985. The molecule has 5 heteroatoms. The SMILES string of the molecule is CC(O)c1noc(CC2CCCN2)n1. The van der Waals surface area contributed by atoms with Crippen LogP contribution in [0.3, 0.4) is 0 Å². The summed E-state index contributed by atoms with van der Waals surface area (Å²) >= 11 is 0. The van der Waals surface area contributed by atoms with E-state index in [4.69, 9.17) is 4.52 Å². The molecule has 1 saturated heterocycles. The number of hydrogen-bond donors (Lipinski definition) is 2. The summed E-state index contributed by atoms with van der Waals surface area (Å²) in [6.45, 7) is 2.70. The zero-order chi connectivity index (χ0) is 9.97. The average molecular weight is 197 g/mol. The maximum atomic E-state index is 9.20. The Morgan fingerprint density at radius 2 is 2.57 bits per heavy atom. The monoisotopic (exact) mass is 197 g/mol. The Balaban J connectivity index is 1.95. The summed E-state index contributed by atoms with van der Waals surface area (Å²) in [5, 5.41) is 16.2. The van der Waals surface area contributed by atoms with Crippen molar-refractivity contribution in [3.05, 3.63) is 11.7 Å². The van der Waals surface area contributed by atoms with Crippen LogP contribution in [0.1, 0.15) is 37.6 Å². The van der Waals surface area contributed by atoms with Gasteiger partial charge in [0.1, 0.15) is 6.10 Å². The van der Waals surface area contributed by atoms with Crippen molar-refractivity contribution >= 4 is 0 Å². The van der Waals surface area contributed by atoms with Gasteiger partial charge in [0.05, 0.1) is 0 Å². The molecule has 5 nitrogen and oxygen atoms in total. The van der Waals surface area contributed by atoms with Crippen molar-refractivity contribution in [2.75, 3.05) is 6.54 Å². The van der Waals surface area contributed by atoms with Gasteiger partial charge in [0.15, 0.2) is 5.82 Å². The van der Waals surface area contributed by atoms with Crippen LogP contribution in [0.2, 0.25) is 0 Å². The third-order valence-electron chi connectivity index (χ3n) is 2.44.